The molecule has 0 aliphatic carbocycles. The predicted octanol–water partition coefficient (Wildman–Crippen LogP) is -2.07. The lowest BCUT2D eigenvalue weighted by Crippen LogP contribution is -2.52. The van der Waals surface area contributed by atoms with Crippen LogP contribution in [0.15, 0.2) is 9.59 Å². The molecule has 1 aliphatic rings. The normalized spacial score (nSPS) is 16.7. The van der Waals surface area contributed by atoms with Crippen LogP contribution < -0.4 is 37.9 Å². The minimum absolute atomic E-state index is 0.207. The van der Waals surface area contributed by atoms with Crippen LogP contribution in [0, 0.1) is 0 Å². The van der Waals surface area contributed by atoms with Crippen LogP contribution in [0.2, 0.25) is 0 Å². The lowest BCUT2D eigenvalue weighted by atomic mass is 10.1. The van der Waals surface area contributed by atoms with Gasteiger partial charge in [0.05, 0.1) is 25.7 Å². The smallest absolute Gasteiger partial charge is 0.317 e. The van der Waals surface area contributed by atoms with Crippen molar-refractivity contribution < 1.29 is 34.5 Å². The average molecular weight is 712 g/mol. The molecule has 18 heteroatoms. The van der Waals surface area contributed by atoms with Gasteiger partial charge < -0.3 is 37.0 Å². The van der Waals surface area contributed by atoms with Crippen molar-refractivity contribution in [1.29, 1.82) is 0 Å². The minimum Gasteiger partial charge on any atom is -0.480 e. The Morgan fingerprint density at radius 2 is 1.12 bits per heavy atom. The molecule has 0 radical (unpaired) electrons. The molecule has 0 aromatic heterocycles. The van der Waals surface area contributed by atoms with Crippen molar-refractivity contribution in [3.8, 4) is 0 Å². The fourth-order valence-corrected chi connectivity index (χ4v) is 5.66. The summed E-state index contributed by atoms with van der Waals surface area (Å²) in [5.41, 5.74) is 5.08. The fourth-order valence-electron chi connectivity index (χ4n) is 5.66. The molecule has 0 unspecified atom stereocenters. The van der Waals surface area contributed by atoms with Gasteiger partial charge in [0.1, 0.15) is 11.4 Å². The Morgan fingerprint density at radius 1 is 0.660 bits per heavy atom. The SMILES string of the molecule is CCCCCNc1c(NCCNC(=O)[C@@H](CCCCN)NCN2CCN(CC(=O)O)CCN(CC(=O)O)CCN(CC(=O)O)CC2)c(=O)c1=O. The number of carboxylic acid groups (broad SMARTS) is 3. The summed E-state index contributed by atoms with van der Waals surface area (Å²) in [6.45, 7) is 5.94. The van der Waals surface area contributed by atoms with Crippen LogP contribution in [0.4, 0.5) is 11.4 Å². The molecule has 2 rings (SSSR count). The number of unbranched alkanes of at least 4 members (excludes halogenated alkanes) is 3. The third-order valence-corrected chi connectivity index (χ3v) is 8.55. The number of carboxylic acids is 3. The lowest BCUT2D eigenvalue weighted by Gasteiger charge is -2.33. The highest BCUT2D eigenvalue weighted by molar-refractivity contribution is 5.81. The molecule has 1 aliphatic heterocycles. The summed E-state index contributed by atoms with van der Waals surface area (Å²) < 4.78 is 0. The lowest BCUT2D eigenvalue weighted by molar-refractivity contribution is -0.140. The van der Waals surface area contributed by atoms with Crippen LogP contribution in [0.5, 0.6) is 0 Å². The molecule has 1 fully saturated rings. The molecule has 0 spiro atoms. The molecule has 9 N–H and O–H groups in total. The highest BCUT2D eigenvalue weighted by Crippen LogP contribution is 2.14. The van der Waals surface area contributed by atoms with Crippen molar-refractivity contribution in [3.63, 3.8) is 0 Å². The summed E-state index contributed by atoms with van der Waals surface area (Å²) >= 11 is 0. The number of hydrogen-bond donors (Lipinski definition) is 8. The summed E-state index contributed by atoms with van der Waals surface area (Å²) in [7, 11) is 0. The molecule has 1 atom stereocenters. The topological polar surface area (TPSA) is 250 Å². The number of carbonyl (C=O) groups excluding carboxylic acids is 1. The molecule has 50 heavy (non-hydrogen) atoms. The number of amides is 1. The minimum atomic E-state index is -1.02. The van der Waals surface area contributed by atoms with Crippen LogP contribution in [0.1, 0.15) is 45.4 Å². The Balaban J connectivity index is 2.05. The number of carbonyl (C=O) groups is 4. The maximum Gasteiger partial charge on any atom is 0.317 e. The van der Waals surface area contributed by atoms with Crippen molar-refractivity contribution in [1.82, 2.24) is 30.2 Å². The van der Waals surface area contributed by atoms with Gasteiger partial charge in [0.2, 0.25) is 5.91 Å². The van der Waals surface area contributed by atoms with Crippen molar-refractivity contribution in [3.05, 3.63) is 20.4 Å². The maximum absolute atomic E-state index is 13.3. The van der Waals surface area contributed by atoms with E-state index < -0.39 is 34.8 Å². The summed E-state index contributed by atoms with van der Waals surface area (Å²) in [6, 6.07) is -0.584. The fraction of sp³-hybridized carbons (Fsp3) is 0.750. The first-order chi connectivity index (χ1) is 23.9. The third kappa shape index (κ3) is 16.4. The highest BCUT2D eigenvalue weighted by Gasteiger charge is 2.23. The molecular weight excluding hydrogens is 654 g/mol. The Kier molecular flexibility index (Phi) is 20.1. The van der Waals surface area contributed by atoms with Gasteiger partial charge >= 0.3 is 17.9 Å². The van der Waals surface area contributed by atoms with Gasteiger partial charge in [-0.3, -0.25) is 53.7 Å². The number of nitrogens with two attached hydrogens (primary N) is 1. The van der Waals surface area contributed by atoms with E-state index in [-0.39, 0.29) is 56.7 Å². The Morgan fingerprint density at radius 3 is 1.56 bits per heavy atom. The molecular formula is C32H57N9O9. The number of hydrogen-bond acceptors (Lipinski definition) is 14. The van der Waals surface area contributed by atoms with Crippen LogP contribution in [0.25, 0.3) is 0 Å². The van der Waals surface area contributed by atoms with E-state index in [2.05, 4.69) is 28.2 Å². The second kappa shape index (κ2) is 23.7. The standard InChI is InChI=1S/C32H57N9O9/c1-2-3-6-9-34-28-29(31(49)30(28)48)35-10-11-36-32(50)24(7-4-5-8-33)37-23-41-18-16-39(21-26(44)45)14-12-38(20-25(42)43)13-15-40(17-19-41)22-27(46)47/h24,34-35,37H,2-23,33H2,1H3,(H,36,50)(H,42,43)(H,44,45)(H,46,47)/t24-/m1/s1. The van der Waals surface area contributed by atoms with Crippen molar-refractivity contribution in [2.24, 2.45) is 5.73 Å². The van der Waals surface area contributed by atoms with Crippen molar-refractivity contribution in [2.75, 3.05) is 115 Å². The number of rotatable bonds is 23. The van der Waals surface area contributed by atoms with Gasteiger partial charge in [0, 0.05) is 78.7 Å². The average Bonchev–Trinajstić information content (AvgIpc) is 3.06. The number of nitrogens with zero attached hydrogens (tertiary/aromatic N) is 4. The molecule has 1 saturated heterocycles. The monoisotopic (exact) mass is 711 g/mol. The molecule has 0 bridgehead atoms. The molecule has 1 amide bonds. The maximum atomic E-state index is 13.3. The van der Waals surface area contributed by atoms with E-state index in [4.69, 9.17) is 5.73 Å². The zero-order valence-electron chi connectivity index (χ0n) is 29.3. The van der Waals surface area contributed by atoms with Crippen molar-refractivity contribution >= 4 is 35.2 Å². The number of nitrogens with one attached hydrogen (secondary N) is 4. The third-order valence-electron chi connectivity index (χ3n) is 8.55. The van der Waals surface area contributed by atoms with E-state index >= 15 is 0 Å². The van der Waals surface area contributed by atoms with Crippen molar-refractivity contribution in [2.45, 2.75) is 51.5 Å². The molecule has 1 aromatic carbocycles. The van der Waals surface area contributed by atoms with Gasteiger partial charge in [-0.1, -0.05) is 26.2 Å². The summed E-state index contributed by atoms with van der Waals surface area (Å²) in [5, 5.41) is 40.5. The zero-order valence-corrected chi connectivity index (χ0v) is 29.3. The predicted molar refractivity (Wildman–Crippen MR) is 189 cm³/mol. The molecule has 1 aromatic rings. The number of anilines is 2. The summed E-state index contributed by atoms with van der Waals surface area (Å²) in [6.07, 6.45) is 4.85. The highest BCUT2D eigenvalue weighted by atomic mass is 16.4. The van der Waals surface area contributed by atoms with Gasteiger partial charge in [-0.2, -0.15) is 0 Å². The molecule has 284 valence electrons. The van der Waals surface area contributed by atoms with Crippen LogP contribution >= 0.6 is 0 Å². The second-order valence-electron chi connectivity index (χ2n) is 12.6. The first-order valence-corrected chi connectivity index (χ1v) is 17.5. The Bertz CT molecular complexity index is 1240. The summed E-state index contributed by atoms with van der Waals surface area (Å²) in [4.78, 5) is 79.1. The molecule has 1 heterocycles. The Labute approximate surface area is 293 Å². The van der Waals surface area contributed by atoms with E-state index in [9.17, 15) is 44.1 Å². The van der Waals surface area contributed by atoms with Gasteiger partial charge in [0.25, 0.3) is 10.9 Å². The quantitative estimate of drug-likeness (QED) is 0.0449. The Hall–Kier alpha value is -3.68. The van der Waals surface area contributed by atoms with E-state index in [1.807, 2.05) is 4.90 Å². The van der Waals surface area contributed by atoms with Crippen LogP contribution in [-0.4, -0.2) is 170 Å². The second-order valence-corrected chi connectivity index (χ2v) is 12.6. The first kappa shape index (κ1) is 42.5. The van der Waals surface area contributed by atoms with Gasteiger partial charge in [0.15, 0.2) is 0 Å². The summed E-state index contributed by atoms with van der Waals surface area (Å²) in [5.74, 6) is -3.28. The van der Waals surface area contributed by atoms with Gasteiger partial charge in [-0.15, -0.1) is 0 Å². The molecule has 18 nitrogen and oxygen atoms in total. The van der Waals surface area contributed by atoms with E-state index in [1.165, 1.54) is 0 Å². The molecule has 0 saturated carbocycles. The van der Waals surface area contributed by atoms with E-state index in [0.717, 1.165) is 25.7 Å². The van der Waals surface area contributed by atoms with Crippen LogP contribution in [0.3, 0.4) is 0 Å². The van der Waals surface area contributed by atoms with E-state index in [0.29, 0.717) is 78.3 Å². The van der Waals surface area contributed by atoms with Crippen LogP contribution in [-0.2, 0) is 19.2 Å². The largest absolute Gasteiger partial charge is 0.480 e. The first-order valence-electron chi connectivity index (χ1n) is 17.5. The van der Waals surface area contributed by atoms with Gasteiger partial charge in [-0.25, -0.2) is 0 Å². The zero-order chi connectivity index (χ0) is 36.9. The number of aliphatic carboxylic acids is 3. The van der Waals surface area contributed by atoms with E-state index in [1.54, 1.807) is 14.7 Å². The van der Waals surface area contributed by atoms with Gasteiger partial charge in [-0.05, 0) is 25.8 Å².